The second-order valence-electron chi connectivity index (χ2n) is 6.09. The van der Waals surface area contributed by atoms with Gasteiger partial charge in [0.2, 0.25) is 0 Å². The Morgan fingerprint density at radius 2 is 2.06 bits per heavy atom. The van der Waals surface area contributed by atoms with Crippen LogP contribution in [0.3, 0.4) is 0 Å². The van der Waals surface area contributed by atoms with Crippen LogP contribution in [0.15, 0.2) is 0 Å². The van der Waals surface area contributed by atoms with Gasteiger partial charge in [0, 0.05) is 36.5 Å². The Hall–Kier alpha value is 0.270. The lowest BCUT2D eigenvalue weighted by Crippen LogP contribution is -2.65. The molecule has 1 aliphatic carbocycles. The molecular weight excluding hydrogens is 228 g/mol. The maximum atomic E-state index is 3.67. The van der Waals surface area contributed by atoms with E-state index in [0.29, 0.717) is 5.54 Å². The Morgan fingerprint density at radius 1 is 1.24 bits per heavy atom. The normalized spacial score (nSPS) is 38.6. The molecule has 3 fully saturated rings. The summed E-state index contributed by atoms with van der Waals surface area (Å²) >= 11 is 2.18. The lowest BCUT2D eigenvalue weighted by atomic mass is 9.78. The van der Waals surface area contributed by atoms with Crippen LogP contribution in [0.1, 0.15) is 45.4 Å². The SMILES string of the molecule is CC1SCCC1N1CCNCC12CCCCC2. The highest BCUT2D eigenvalue weighted by atomic mass is 32.2. The van der Waals surface area contributed by atoms with Crippen molar-refractivity contribution in [2.24, 2.45) is 0 Å². The summed E-state index contributed by atoms with van der Waals surface area (Å²) in [5.74, 6) is 1.38. The average molecular weight is 254 g/mol. The molecule has 2 nitrogen and oxygen atoms in total. The number of hydrogen-bond donors (Lipinski definition) is 1. The van der Waals surface area contributed by atoms with Crippen molar-refractivity contribution in [3.8, 4) is 0 Å². The van der Waals surface area contributed by atoms with E-state index in [4.69, 9.17) is 0 Å². The van der Waals surface area contributed by atoms with Crippen molar-refractivity contribution < 1.29 is 0 Å². The summed E-state index contributed by atoms with van der Waals surface area (Å²) in [5.41, 5.74) is 0.528. The van der Waals surface area contributed by atoms with E-state index in [2.05, 4.69) is 28.9 Å². The van der Waals surface area contributed by atoms with E-state index in [-0.39, 0.29) is 0 Å². The molecule has 1 saturated carbocycles. The molecule has 98 valence electrons. The number of nitrogens with zero attached hydrogens (tertiary/aromatic N) is 1. The molecule has 1 spiro atoms. The number of thioether (sulfide) groups is 1. The summed E-state index contributed by atoms with van der Waals surface area (Å²) < 4.78 is 0. The third kappa shape index (κ3) is 2.26. The van der Waals surface area contributed by atoms with E-state index >= 15 is 0 Å². The Kier molecular flexibility index (Phi) is 3.69. The van der Waals surface area contributed by atoms with Crippen molar-refractivity contribution in [1.82, 2.24) is 10.2 Å². The van der Waals surface area contributed by atoms with Gasteiger partial charge in [-0.15, -0.1) is 0 Å². The molecule has 2 heterocycles. The zero-order valence-corrected chi connectivity index (χ0v) is 11.9. The summed E-state index contributed by atoms with van der Waals surface area (Å²) in [5, 5.41) is 4.52. The molecule has 0 aromatic rings. The Balaban J connectivity index is 1.79. The highest BCUT2D eigenvalue weighted by molar-refractivity contribution is 8.00. The molecule has 0 aromatic heterocycles. The molecule has 3 aliphatic rings. The first-order valence-electron chi connectivity index (χ1n) is 7.41. The second kappa shape index (κ2) is 5.10. The summed E-state index contributed by atoms with van der Waals surface area (Å²) in [6, 6.07) is 0.861. The van der Waals surface area contributed by atoms with Crippen LogP contribution in [0.25, 0.3) is 0 Å². The largest absolute Gasteiger partial charge is 0.314 e. The molecule has 2 atom stereocenters. The highest BCUT2D eigenvalue weighted by Crippen LogP contribution is 2.40. The average Bonchev–Trinajstić information content (AvgIpc) is 2.77. The van der Waals surface area contributed by atoms with Gasteiger partial charge in [0.05, 0.1) is 0 Å². The van der Waals surface area contributed by atoms with Crippen molar-refractivity contribution in [3.05, 3.63) is 0 Å². The van der Waals surface area contributed by atoms with Gasteiger partial charge in [-0.05, 0) is 25.0 Å². The Bertz CT molecular complexity index is 255. The number of piperazine rings is 1. The quantitative estimate of drug-likeness (QED) is 0.774. The molecule has 0 radical (unpaired) electrons. The maximum absolute atomic E-state index is 3.67. The molecule has 2 unspecified atom stereocenters. The van der Waals surface area contributed by atoms with E-state index in [1.165, 1.54) is 63.9 Å². The van der Waals surface area contributed by atoms with Gasteiger partial charge in [0.25, 0.3) is 0 Å². The van der Waals surface area contributed by atoms with Gasteiger partial charge in [0.15, 0.2) is 0 Å². The summed E-state index contributed by atoms with van der Waals surface area (Å²) in [6.45, 7) is 6.19. The second-order valence-corrected chi connectivity index (χ2v) is 7.57. The van der Waals surface area contributed by atoms with Crippen LogP contribution in [0.4, 0.5) is 0 Å². The van der Waals surface area contributed by atoms with Gasteiger partial charge in [-0.2, -0.15) is 11.8 Å². The van der Waals surface area contributed by atoms with Gasteiger partial charge in [-0.25, -0.2) is 0 Å². The van der Waals surface area contributed by atoms with Crippen molar-refractivity contribution >= 4 is 11.8 Å². The van der Waals surface area contributed by atoms with Crippen LogP contribution in [-0.4, -0.2) is 47.1 Å². The minimum atomic E-state index is 0.528. The minimum Gasteiger partial charge on any atom is -0.314 e. The fourth-order valence-electron chi connectivity index (χ4n) is 4.18. The van der Waals surface area contributed by atoms with E-state index in [9.17, 15) is 0 Å². The van der Waals surface area contributed by atoms with Crippen molar-refractivity contribution in [1.29, 1.82) is 0 Å². The molecule has 3 rings (SSSR count). The molecule has 0 bridgehead atoms. The lowest BCUT2D eigenvalue weighted by molar-refractivity contribution is -0.00569. The Morgan fingerprint density at radius 3 is 2.76 bits per heavy atom. The third-order valence-electron chi connectivity index (χ3n) is 5.11. The molecule has 1 N–H and O–H groups in total. The number of hydrogen-bond acceptors (Lipinski definition) is 3. The first-order chi connectivity index (χ1) is 8.32. The van der Waals surface area contributed by atoms with Gasteiger partial charge in [-0.1, -0.05) is 26.2 Å². The monoisotopic (exact) mass is 254 g/mol. The van der Waals surface area contributed by atoms with Crippen LogP contribution in [0.2, 0.25) is 0 Å². The fourth-order valence-corrected chi connectivity index (χ4v) is 5.43. The summed E-state index contributed by atoms with van der Waals surface area (Å²) in [6.07, 6.45) is 8.67. The lowest BCUT2D eigenvalue weighted by Gasteiger charge is -2.53. The summed E-state index contributed by atoms with van der Waals surface area (Å²) in [4.78, 5) is 2.92. The van der Waals surface area contributed by atoms with Crippen LogP contribution < -0.4 is 5.32 Å². The smallest absolute Gasteiger partial charge is 0.0337 e. The molecule has 17 heavy (non-hydrogen) atoms. The number of rotatable bonds is 1. The molecule has 0 aromatic carbocycles. The van der Waals surface area contributed by atoms with E-state index in [1.54, 1.807) is 0 Å². The van der Waals surface area contributed by atoms with Crippen molar-refractivity contribution in [3.63, 3.8) is 0 Å². The first kappa shape index (κ1) is 12.3. The standard InChI is InChI=1S/C14H26N2S/c1-12-13(5-10-17-12)16-9-8-15-11-14(16)6-3-2-4-7-14/h12-13,15H,2-11H2,1H3. The summed E-state index contributed by atoms with van der Waals surface area (Å²) in [7, 11) is 0. The predicted octanol–water partition coefficient (Wildman–Crippen LogP) is 2.49. The van der Waals surface area contributed by atoms with E-state index in [1.807, 2.05) is 0 Å². The van der Waals surface area contributed by atoms with E-state index in [0.717, 1.165) is 11.3 Å². The third-order valence-corrected chi connectivity index (χ3v) is 6.42. The van der Waals surface area contributed by atoms with Gasteiger partial charge in [0.1, 0.15) is 0 Å². The topological polar surface area (TPSA) is 15.3 Å². The highest BCUT2D eigenvalue weighted by Gasteiger charge is 2.45. The van der Waals surface area contributed by atoms with Crippen molar-refractivity contribution in [2.75, 3.05) is 25.4 Å². The first-order valence-corrected chi connectivity index (χ1v) is 8.46. The van der Waals surface area contributed by atoms with Gasteiger partial charge in [-0.3, -0.25) is 4.90 Å². The molecule has 0 amide bonds. The molecule has 2 aliphatic heterocycles. The van der Waals surface area contributed by atoms with Gasteiger partial charge < -0.3 is 5.32 Å². The van der Waals surface area contributed by atoms with Crippen molar-refractivity contribution in [2.45, 2.75) is 62.3 Å². The van der Waals surface area contributed by atoms with Crippen LogP contribution in [0, 0.1) is 0 Å². The molecule has 3 heteroatoms. The van der Waals surface area contributed by atoms with Crippen LogP contribution in [0.5, 0.6) is 0 Å². The van der Waals surface area contributed by atoms with Gasteiger partial charge >= 0.3 is 0 Å². The molecular formula is C14H26N2S. The Labute approximate surface area is 110 Å². The number of nitrogens with one attached hydrogen (secondary N) is 1. The minimum absolute atomic E-state index is 0.528. The zero-order valence-electron chi connectivity index (χ0n) is 11.1. The zero-order chi connectivity index (χ0) is 11.7. The molecule has 2 saturated heterocycles. The van der Waals surface area contributed by atoms with Crippen LogP contribution >= 0.6 is 11.8 Å². The van der Waals surface area contributed by atoms with Crippen LogP contribution in [-0.2, 0) is 0 Å². The maximum Gasteiger partial charge on any atom is 0.0337 e. The van der Waals surface area contributed by atoms with E-state index < -0.39 is 0 Å². The fraction of sp³-hybridized carbons (Fsp3) is 1.00. The predicted molar refractivity (Wildman–Crippen MR) is 75.7 cm³/mol.